The molecule has 0 aliphatic heterocycles. The normalized spacial score (nSPS) is 12.5. The highest BCUT2D eigenvalue weighted by Gasteiger charge is 2.08. The second-order valence-electron chi connectivity index (χ2n) is 2.44. The zero-order valence-electron chi connectivity index (χ0n) is 6.50. The van der Waals surface area contributed by atoms with Gasteiger partial charge in [-0.15, -0.1) is 6.58 Å². The van der Waals surface area contributed by atoms with Crippen LogP contribution in [0.15, 0.2) is 35.3 Å². The minimum absolute atomic E-state index is 0.199. The Morgan fingerprint density at radius 2 is 2.25 bits per heavy atom. The van der Waals surface area contributed by atoms with Gasteiger partial charge in [0.25, 0.3) is 0 Å². The lowest BCUT2D eigenvalue weighted by Gasteiger charge is -2.09. The predicted octanol–water partition coefficient (Wildman–Crippen LogP) is 2.34. The summed E-state index contributed by atoms with van der Waals surface area (Å²) in [7, 11) is 0. The van der Waals surface area contributed by atoms with Crippen molar-refractivity contribution in [2.75, 3.05) is 0 Å². The molecule has 64 valence electrons. The summed E-state index contributed by atoms with van der Waals surface area (Å²) in [6.45, 7) is 3.58. The van der Waals surface area contributed by atoms with E-state index in [1.165, 1.54) is 0 Å². The van der Waals surface area contributed by atoms with Gasteiger partial charge in [-0.1, -0.05) is 18.2 Å². The molecule has 1 aromatic carbocycles. The van der Waals surface area contributed by atoms with E-state index in [0.29, 0.717) is 4.47 Å². The lowest BCUT2D eigenvalue weighted by Crippen LogP contribution is -2.06. The molecule has 1 atom stereocenters. The Labute approximate surface area is 79.8 Å². The first-order valence-electron chi connectivity index (χ1n) is 3.52. The fourth-order valence-corrected chi connectivity index (χ4v) is 1.45. The molecule has 0 unspecified atom stereocenters. The number of phenolic OH excluding ortho intramolecular Hbond substituents is 1. The SMILES string of the molecule is C=C[C@@H](N)c1cccc(O)c1Br. The lowest BCUT2D eigenvalue weighted by molar-refractivity contribution is 0.470. The molecule has 1 rings (SSSR count). The summed E-state index contributed by atoms with van der Waals surface area (Å²) in [4.78, 5) is 0. The molecule has 0 fully saturated rings. The van der Waals surface area contributed by atoms with E-state index < -0.39 is 0 Å². The third-order valence-electron chi connectivity index (χ3n) is 1.62. The van der Waals surface area contributed by atoms with Gasteiger partial charge < -0.3 is 10.8 Å². The van der Waals surface area contributed by atoms with Gasteiger partial charge in [-0.3, -0.25) is 0 Å². The Kier molecular flexibility index (Phi) is 2.89. The number of halogens is 1. The summed E-state index contributed by atoms with van der Waals surface area (Å²) >= 11 is 3.24. The van der Waals surface area contributed by atoms with Crippen molar-refractivity contribution < 1.29 is 5.11 Å². The van der Waals surface area contributed by atoms with Crippen molar-refractivity contribution >= 4 is 15.9 Å². The molecule has 0 spiro atoms. The lowest BCUT2D eigenvalue weighted by atomic mass is 10.1. The Balaban J connectivity index is 3.15. The van der Waals surface area contributed by atoms with Crippen LogP contribution >= 0.6 is 15.9 Å². The van der Waals surface area contributed by atoms with Crippen molar-refractivity contribution in [3.8, 4) is 5.75 Å². The summed E-state index contributed by atoms with van der Waals surface area (Å²) in [5, 5.41) is 9.31. The van der Waals surface area contributed by atoms with Crippen LogP contribution in [-0.4, -0.2) is 5.11 Å². The van der Waals surface area contributed by atoms with Gasteiger partial charge in [0.2, 0.25) is 0 Å². The Morgan fingerprint density at radius 3 is 2.83 bits per heavy atom. The molecular formula is C9H10BrNO. The third kappa shape index (κ3) is 1.68. The van der Waals surface area contributed by atoms with Crippen LogP contribution in [0.3, 0.4) is 0 Å². The minimum atomic E-state index is -0.244. The number of rotatable bonds is 2. The molecule has 0 amide bonds. The van der Waals surface area contributed by atoms with E-state index >= 15 is 0 Å². The van der Waals surface area contributed by atoms with E-state index in [2.05, 4.69) is 22.5 Å². The van der Waals surface area contributed by atoms with Crippen LogP contribution in [0.4, 0.5) is 0 Å². The quantitative estimate of drug-likeness (QED) is 0.763. The van der Waals surface area contributed by atoms with Gasteiger partial charge in [0.15, 0.2) is 0 Å². The van der Waals surface area contributed by atoms with Gasteiger partial charge in [-0.25, -0.2) is 0 Å². The number of benzene rings is 1. The number of aromatic hydroxyl groups is 1. The van der Waals surface area contributed by atoms with E-state index in [-0.39, 0.29) is 11.8 Å². The van der Waals surface area contributed by atoms with Gasteiger partial charge in [0, 0.05) is 6.04 Å². The van der Waals surface area contributed by atoms with E-state index in [0.717, 1.165) is 5.56 Å². The van der Waals surface area contributed by atoms with E-state index in [9.17, 15) is 5.11 Å². The minimum Gasteiger partial charge on any atom is -0.507 e. The average molecular weight is 228 g/mol. The molecule has 1 aromatic rings. The zero-order chi connectivity index (χ0) is 9.14. The van der Waals surface area contributed by atoms with Gasteiger partial charge >= 0.3 is 0 Å². The Hall–Kier alpha value is -0.800. The van der Waals surface area contributed by atoms with Crippen LogP contribution in [-0.2, 0) is 0 Å². The first kappa shape index (κ1) is 9.29. The maximum atomic E-state index is 9.31. The van der Waals surface area contributed by atoms with E-state index in [4.69, 9.17) is 5.73 Å². The van der Waals surface area contributed by atoms with Crippen LogP contribution in [0.25, 0.3) is 0 Å². The highest BCUT2D eigenvalue weighted by Crippen LogP contribution is 2.30. The number of hydrogen-bond donors (Lipinski definition) is 2. The fourth-order valence-electron chi connectivity index (χ4n) is 0.922. The number of phenols is 1. The fraction of sp³-hybridized carbons (Fsp3) is 0.111. The Bertz CT molecular complexity index is 299. The van der Waals surface area contributed by atoms with Crippen LogP contribution in [0.5, 0.6) is 5.75 Å². The number of hydrogen-bond acceptors (Lipinski definition) is 2. The first-order chi connectivity index (χ1) is 5.66. The van der Waals surface area contributed by atoms with Crippen LogP contribution in [0.1, 0.15) is 11.6 Å². The second kappa shape index (κ2) is 3.74. The Morgan fingerprint density at radius 1 is 1.58 bits per heavy atom. The average Bonchev–Trinajstić information content (AvgIpc) is 2.08. The molecule has 0 radical (unpaired) electrons. The topological polar surface area (TPSA) is 46.2 Å². The molecule has 0 saturated heterocycles. The molecular weight excluding hydrogens is 218 g/mol. The standard InChI is InChI=1S/C9H10BrNO/c1-2-7(11)6-4-3-5-8(12)9(6)10/h2-5,7,12H,1,11H2/t7-/m1/s1. The molecule has 2 nitrogen and oxygen atoms in total. The molecule has 12 heavy (non-hydrogen) atoms. The van der Waals surface area contributed by atoms with Crippen molar-refractivity contribution in [3.05, 3.63) is 40.9 Å². The maximum absolute atomic E-state index is 9.31. The zero-order valence-corrected chi connectivity index (χ0v) is 8.08. The third-order valence-corrected chi connectivity index (χ3v) is 2.49. The molecule has 0 saturated carbocycles. The highest BCUT2D eigenvalue weighted by atomic mass is 79.9. The summed E-state index contributed by atoms with van der Waals surface area (Å²) in [6, 6.07) is 4.95. The number of nitrogens with two attached hydrogens (primary N) is 1. The summed E-state index contributed by atoms with van der Waals surface area (Å²) in [6.07, 6.45) is 1.62. The van der Waals surface area contributed by atoms with Gasteiger partial charge in [-0.05, 0) is 27.6 Å². The van der Waals surface area contributed by atoms with Crippen LogP contribution < -0.4 is 5.73 Å². The van der Waals surface area contributed by atoms with Crippen molar-refractivity contribution in [1.29, 1.82) is 0 Å². The molecule has 0 aliphatic rings. The summed E-state index contributed by atoms with van der Waals surface area (Å²) in [5.74, 6) is 0.199. The monoisotopic (exact) mass is 227 g/mol. The van der Waals surface area contributed by atoms with E-state index in [1.54, 1.807) is 18.2 Å². The predicted molar refractivity (Wildman–Crippen MR) is 52.9 cm³/mol. The highest BCUT2D eigenvalue weighted by molar-refractivity contribution is 9.10. The van der Waals surface area contributed by atoms with Crippen molar-refractivity contribution in [2.45, 2.75) is 6.04 Å². The van der Waals surface area contributed by atoms with Gasteiger partial charge in [-0.2, -0.15) is 0 Å². The second-order valence-corrected chi connectivity index (χ2v) is 3.23. The molecule has 3 N–H and O–H groups in total. The first-order valence-corrected chi connectivity index (χ1v) is 4.31. The van der Waals surface area contributed by atoms with E-state index in [1.807, 2.05) is 6.07 Å². The molecule has 0 heterocycles. The molecule has 3 heteroatoms. The van der Waals surface area contributed by atoms with Gasteiger partial charge in [0.05, 0.1) is 4.47 Å². The molecule has 0 aromatic heterocycles. The summed E-state index contributed by atoms with van der Waals surface area (Å²) < 4.78 is 0.636. The van der Waals surface area contributed by atoms with Crippen LogP contribution in [0.2, 0.25) is 0 Å². The smallest absolute Gasteiger partial charge is 0.130 e. The van der Waals surface area contributed by atoms with Crippen molar-refractivity contribution in [2.24, 2.45) is 5.73 Å². The van der Waals surface area contributed by atoms with Crippen molar-refractivity contribution in [1.82, 2.24) is 0 Å². The largest absolute Gasteiger partial charge is 0.507 e. The van der Waals surface area contributed by atoms with Crippen molar-refractivity contribution in [3.63, 3.8) is 0 Å². The molecule has 0 bridgehead atoms. The maximum Gasteiger partial charge on any atom is 0.130 e. The summed E-state index contributed by atoms with van der Waals surface area (Å²) in [5.41, 5.74) is 6.54. The van der Waals surface area contributed by atoms with Crippen LogP contribution in [0, 0.1) is 0 Å². The van der Waals surface area contributed by atoms with Gasteiger partial charge in [0.1, 0.15) is 5.75 Å². The molecule has 0 aliphatic carbocycles.